The number of nitrogens with zero attached hydrogens (tertiary/aromatic N) is 1. The van der Waals surface area contributed by atoms with Crippen LogP contribution in [0.5, 0.6) is 0 Å². The fraction of sp³-hybridized carbons (Fsp3) is 0.571. The molecule has 0 bridgehead atoms. The zero-order valence-corrected chi connectivity index (χ0v) is 28.5. The predicted octanol–water partition coefficient (Wildman–Crippen LogP) is 12.6. The maximum atomic E-state index is 2.37. The van der Waals surface area contributed by atoms with Crippen molar-refractivity contribution in [3.63, 3.8) is 0 Å². The zero-order chi connectivity index (χ0) is 30.6. The number of rotatable bonds is 23. The molecular formula is C42H64N+. The minimum atomic E-state index is 1.09. The van der Waals surface area contributed by atoms with Gasteiger partial charge in [-0.05, 0) is 50.3 Å². The van der Waals surface area contributed by atoms with E-state index in [0.29, 0.717) is 0 Å². The van der Waals surface area contributed by atoms with Gasteiger partial charge in [0.15, 0.2) is 0 Å². The Labute approximate surface area is 266 Å². The van der Waals surface area contributed by atoms with E-state index in [1.807, 2.05) is 0 Å². The van der Waals surface area contributed by atoms with Crippen molar-refractivity contribution >= 4 is 0 Å². The topological polar surface area (TPSA) is 0 Å². The number of benzene rings is 3. The molecule has 0 aliphatic rings. The van der Waals surface area contributed by atoms with Crippen LogP contribution in [0.25, 0.3) is 0 Å². The van der Waals surface area contributed by atoms with Gasteiger partial charge in [0.2, 0.25) is 0 Å². The lowest BCUT2D eigenvalue weighted by Crippen LogP contribution is -2.47. The zero-order valence-electron chi connectivity index (χ0n) is 28.5. The van der Waals surface area contributed by atoms with Gasteiger partial charge < -0.3 is 4.48 Å². The number of quaternary nitrogens is 1. The van der Waals surface area contributed by atoms with E-state index < -0.39 is 0 Å². The van der Waals surface area contributed by atoms with Crippen LogP contribution in [0.4, 0.5) is 0 Å². The van der Waals surface area contributed by atoms with E-state index in [1.54, 1.807) is 0 Å². The molecule has 0 saturated carbocycles. The van der Waals surface area contributed by atoms with E-state index >= 15 is 0 Å². The molecule has 0 atom stereocenters. The Balaban J connectivity index is 1.52. The summed E-state index contributed by atoms with van der Waals surface area (Å²) in [6.45, 7) is 13.7. The third kappa shape index (κ3) is 13.4. The minimum absolute atomic E-state index is 1.09. The van der Waals surface area contributed by atoms with Crippen molar-refractivity contribution in [1.82, 2.24) is 0 Å². The third-order valence-corrected chi connectivity index (χ3v) is 9.79. The normalized spacial score (nSPS) is 11.7. The monoisotopic (exact) mass is 583 g/mol. The summed E-state index contributed by atoms with van der Waals surface area (Å²) in [6.07, 6.45) is 22.7. The van der Waals surface area contributed by atoms with E-state index in [1.165, 1.54) is 143 Å². The first-order valence-corrected chi connectivity index (χ1v) is 18.0. The first-order chi connectivity index (χ1) is 21.0. The van der Waals surface area contributed by atoms with Gasteiger partial charge in [-0.25, -0.2) is 0 Å². The number of hydrogen-bond acceptors (Lipinski definition) is 0. The maximum Gasteiger partial charge on any atom is 0.105 e. The summed E-state index contributed by atoms with van der Waals surface area (Å²) in [4.78, 5) is 0. The lowest BCUT2D eigenvalue weighted by Gasteiger charge is -2.40. The molecule has 3 aromatic rings. The first-order valence-electron chi connectivity index (χ1n) is 18.0. The van der Waals surface area contributed by atoms with Crippen molar-refractivity contribution in [2.75, 3.05) is 6.54 Å². The second-order valence-electron chi connectivity index (χ2n) is 13.6. The molecule has 236 valence electrons. The quantitative estimate of drug-likeness (QED) is 0.0770. The molecule has 0 heterocycles. The Morgan fingerprint density at radius 2 is 0.651 bits per heavy atom. The molecular weight excluding hydrogens is 518 g/mol. The van der Waals surface area contributed by atoms with Crippen molar-refractivity contribution in [1.29, 1.82) is 0 Å². The Hall–Kier alpha value is -2.38. The summed E-state index contributed by atoms with van der Waals surface area (Å²) in [6, 6.07) is 27.2. The van der Waals surface area contributed by atoms with Crippen LogP contribution < -0.4 is 0 Å². The van der Waals surface area contributed by atoms with Gasteiger partial charge in [-0.3, -0.25) is 0 Å². The van der Waals surface area contributed by atoms with Gasteiger partial charge in [0.05, 0.1) is 6.54 Å². The van der Waals surface area contributed by atoms with Crippen LogP contribution in [-0.4, -0.2) is 11.0 Å². The molecule has 0 saturated heterocycles. The number of hydrogen-bond donors (Lipinski definition) is 0. The van der Waals surface area contributed by atoms with Crippen LogP contribution in [0.3, 0.4) is 0 Å². The molecule has 0 amide bonds. The summed E-state index contributed by atoms with van der Waals surface area (Å²) in [7, 11) is 0. The van der Waals surface area contributed by atoms with Crippen LogP contribution in [0, 0.1) is 20.8 Å². The molecule has 0 aliphatic heterocycles. The second kappa shape index (κ2) is 20.6. The lowest BCUT2D eigenvalue weighted by atomic mass is 9.99. The van der Waals surface area contributed by atoms with E-state index in [0.717, 1.165) is 24.1 Å². The summed E-state index contributed by atoms with van der Waals surface area (Å²) in [5.41, 5.74) is 8.77. The van der Waals surface area contributed by atoms with Gasteiger partial charge in [0.25, 0.3) is 0 Å². The molecule has 0 aromatic heterocycles. The number of unbranched alkanes of at least 4 members (excludes halogenated alkanes) is 15. The van der Waals surface area contributed by atoms with E-state index in [-0.39, 0.29) is 0 Å². The van der Waals surface area contributed by atoms with Crippen molar-refractivity contribution < 1.29 is 4.48 Å². The van der Waals surface area contributed by atoms with Gasteiger partial charge in [-0.15, -0.1) is 0 Å². The Kier molecular flexibility index (Phi) is 16.8. The van der Waals surface area contributed by atoms with Gasteiger partial charge in [0.1, 0.15) is 19.6 Å². The highest BCUT2D eigenvalue weighted by molar-refractivity contribution is 5.28. The van der Waals surface area contributed by atoms with E-state index in [9.17, 15) is 0 Å². The molecule has 1 heteroatoms. The summed E-state index contributed by atoms with van der Waals surface area (Å²) in [5, 5.41) is 0. The minimum Gasteiger partial charge on any atom is -0.312 e. The maximum absolute atomic E-state index is 2.37. The van der Waals surface area contributed by atoms with Crippen LogP contribution in [0.15, 0.2) is 72.8 Å². The SMILES string of the molecule is CCCCCCCCCCCCCCCCCC[N+](Cc1ccccc1C)(Cc1ccccc1C)Cc1ccccc1C. The predicted molar refractivity (Wildman–Crippen MR) is 189 cm³/mol. The van der Waals surface area contributed by atoms with Gasteiger partial charge in [-0.2, -0.15) is 0 Å². The molecule has 1 nitrogen and oxygen atoms in total. The van der Waals surface area contributed by atoms with Crippen molar-refractivity contribution in [3.8, 4) is 0 Å². The summed E-state index contributed by atoms with van der Waals surface area (Å²) < 4.78 is 1.10. The Bertz CT molecular complexity index is 1030. The smallest absolute Gasteiger partial charge is 0.105 e. The van der Waals surface area contributed by atoms with Crippen molar-refractivity contribution in [2.45, 2.75) is 150 Å². The highest BCUT2D eigenvalue weighted by Gasteiger charge is 2.30. The Morgan fingerprint density at radius 3 is 0.953 bits per heavy atom. The fourth-order valence-corrected chi connectivity index (χ4v) is 6.85. The molecule has 0 radical (unpaired) electrons. The molecule has 0 N–H and O–H groups in total. The molecule has 3 rings (SSSR count). The second-order valence-corrected chi connectivity index (χ2v) is 13.6. The lowest BCUT2D eigenvalue weighted by molar-refractivity contribution is -0.966. The van der Waals surface area contributed by atoms with Crippen LogP contribution in [-0.2, 0) is 19.6 Å². The van der Waals surface area contributed by atoms with Crippen LogP contribution in [0.1, 0.15) is 143 Å². The van der Waals surface area contributed by atoms with Gasteiger partial charge >= 0.3 is 0 Å². The van der Waals surface area contributed by atoms with E-state index in [4.69, 9.17) is 0 Å². The number of aryl methyl sites for hydroxylation is 3. The van der Waals surface area contributed by atoms with Crippen LogP contribution in [0.2, 0.25) is 0 Å². The molecule has 0 unspecified atom stereocenters. The Morgan fingerprint density at radius 1 is 0.372 bits per heavy atom. The highest BCUT2D eigenvalue weighted by Crippen LogP contribution is 2.29. The van der Waals surface area contributed by atoms with Crippen molar-refractivity contribution in [2.24, 2.45) is 0 Å². The van der Waals surface area contributed by atoms with Gasteiger partial charge in [-0.1, -0.05) is 170 Å². The summed E-state index contributed by atoms with van der Waals surface area (Å²) in [5.74, 6) is 0. The average molecular weight is 583 g/mol. The largest absolute Gasteiger partial charge is 0.312 e. The fourth-order valence-electron chi connectivity index (χ4n) is 6.85. The van der Waals surface area contributed by atoms with Gasteiger partial charge in [0, 0.05) is 16.7 Å². The average Bonchev–Trinajstić information content (AvgIpc) is 3.00. The standard InChI is InChI=1S/C42H64N/c1-5-6-7-8-9-10-11-12-13-14-15-16-17-18-19-26-33-43(34-40-30-23-20-27-37(40)2,35-41-31-24-21-28-38(41)3)36-42-32-25-22-29-39(42)4/h20-25,27-32H,5-19,26,33-36H2,1-4H3/q+1. The summed E-state index contributed by atoms with van der Waals surface area (Å²) >= 11 is 0. The van der Waals surface area contributed by atoms with E-state index in [2.05, 4.69) is 100 Å². The molecule has 0 spiro atoms. The highest BCUT2D eigenvalue weighted by atomic mass is 15.3. The molecule has 43 heavy (non-hydrogen) atoms. The molecule has 0 aliphatic carbocycles. The van der Waals surface area contributed by atoms with Crippen molar-refractivity contribution in [3.05, 3.63) is 106 Å². The first kappa shape index (κ1) is 35.1. The molecule has 3 aromatic carbocycles. The third-order valence-electron chi connectivity index (χ3n) is 9.79. The molecule has 0 fully saturated rings. The van der Waals surface area contributed by atoms with Crippen LogP contribution >= 0.6 is 0 Å².